The van der Waals surface area contributed by atoms with Crippen LogP contribution in [0.4, 0.5) is 0 Å². The van der Waals surface area contributed by atoms with Crippen LogP contribution in [-0.2, 0) is 19.1 Å². The molecule has 1 atom stereocenters. The molecular formula is C25H35N3O5. The molecule has 0 aromatic heterocycles. The van der Waals surface area contributed by atoms with Gasteiger partial charge >= 0.3 is 5.97 Å². The van der Waals surface area contributed by atoms with E-state index in [4.69, 9.17) is 4.74 Å². The first-order valence-corrected chi connectivity index (χ1v) is 11.9. The van der Waals surface area contributed by atoms with Gasteiger partial charge in [-0.15, -0.1) is 0 Å². The summed E-state index contributed by atoms with van der Waals surface area (Å²) in [5.74, 6) is -0.939. The second-order valence-electron chi connectivity index (χ2n) is 9.06. The van der Waals surface area contributed by atoms with Gasteiger partial charge in [0.05, 0.1) is 25.0 Å². The van der Waals surface area contributed by atoms with Gasteiger partial charge in [0.15, 0.2) is 0 Å². The predicted octanol–water partition coefficient (Wildman–Crippen LogP) is 2.11. The monoisotopic (exact) mass is 457 g/mol. The number of likely N-dealkylation sites (tertiary alicyclic amines) is 2. The zero-order chi connectivity index (χ0) is 24.0. The van der Waals surface area contributed by atoms with Crippen molar-refractivity contribution in [2.24, 2.45) is 11.8 Å². The van der Waals surface area contributed by atoms with Crippen molar-refractivity contribution in [1.29, 1.82) is 0 Å². The molecule has 1 aromatic rings. The predicted molar refractivity (Wildman–Crippen MR) is 123 cm³/mol. The molecule has 1 aromatic carbocycles. The van der Waals surface area contributed by atoms with E-state index in [0.717, 1.165) is 12.0 Å². The van der Waals surface area contributed by atoms with Gasteiger partial charge in [0.25, 0.3) is 5.91 Å². The SMILES string of the molecule is CCOC(=O)C1CCN(C(=O)CN(C)C(=O)C2CCCN(C(=O)c3ccc(C)cc3)C2)CC1. The molecule has 0 spiro atoms. The van der Waals surface area contributed by atoms with E-state index in [1.165, 1.54) is 4.90 Å². The summed E-state index contributed by atoms with van der Waals surface area (Å²) >= 11 is 0. The molecule has 0 saturated carbocycles. The van der Waals surface area contributed by atoms with E-state index in [2.05, 4.69) is 0 Å². The third-order valence-corrected chi connectivity index (χ3v) is 6.57. The molecule has 1 unspecified atom stereocenters. The lowest BCUT2D eigenvalue weighted by atomic mass is 9.95. The summed E-state index contributed by atoms with van der Waals surface area (Å²) in [5, 5.41) is 0. The smallest absolute Gasteiger partial charge is 0.309 e. The van der Waals surface area contributed by atoms with Crippen LogP contribution in [0.2, 0.25) is 0 Å². The Kier molecular flexibility index (Phi) is 8.47. The molecule has 2 fully saturated rings. The fourth-order valence-corrected chi connectivity index (χ4v) is 4.56. The first kappa shape index (κ1) is 24.7. The number of carbonyl (C=O) groups is 4. The number of piperidine rings is 2. The van der Waals surface area contributed by atoms with Crippen molar-refractivity contribution >= 4 is 23.7 Å². The van der Waals surface area contributed by atoms with Crippen molar-refractivity contribution in [3.05, 3.63) is 35.4 Å². The molecule has 33 heavy (non-hydrogen) atoms. The van der Waals surface area contributed by atoms with Gasteiger partial charge in [-0.3, -0.25) is 19.2 Å². The number of rotatable bonds is 6. The first-order chi connectivity index (χ1) is 15.8. The van der Waals surface area contributed by atoms with Gasteiger partial charge in [-0.05, 0) is 51.7 Å². The second kappa shape index (κ2) is 11.3. The van der Waals surface area contributed by atoms with Crippen LogP contribution in [0.25, 0.3) is 0 Å². The molecular weight excluding hydrogens is 422 g/mol. The Labute approximate surface area is 195 Å². The van der Waals surface area contributed by atoms with Crippen LogP contribution in [0, 0.1) is 18.8 Å². The summed E-state index contributed by atoms with van der Waals surface area (Å²) in [6.45, 7) is 6.12. The quantitative estimate of drug-likeness (QED) is 0.611. The summed E-state index contributed by atoms with van der Waals surface area (Å²) < 4.78 is 5.08. The molecule has 3 rings (SSSR count). The molecule has 3 amide bonds. The van der Waals surface area contributed by atoms with Gasteiger partial charge in [0, 0.05) is 38.8 Å². The Morgan fingerprint density at radius 1 is 0.970 bits per heavy atom. The van der Waals surface area contributed by atoms with Crippen LogP contribution < -0.4 is 0 Å². The number of esters is 1. The topological polar surface area (TPSA) is 87.2 Å². The lowest BCUT2D eigenvalue weighted by Crippen LogP contribution is -2.49. The number of carbonyl (C=O) groups excluding carboxylic acids is 4. The highest BCUT2D eigenvalue weighted by atomic mass is 16.5. The van der Waals surface area contributed by atoms with Crippen LogP contribution in [0.3, 0.4) is 0 Å². The highest BCUT2D eigenvalue weighted by Crippen LogP contribution is 2.22. The maximum absolute atomic E-state index is 13.0. The van der Waals surface area contributed by atoms with Crippen molar-refractivity contribution in [1.82, 2.24) is 14.7 Å². The second-order valence-corrected chi connectivity index (χ2v) is 9.06. The van der Waals surface area contributed by atoms with E-state index in [9.17, 15) is 19.2 Å². The number of nitrogens with zero attached hydrogens (tertiary/aromatic N) is 3. The average molecular weight is 458 g/mol. The highest BCUT2D eigenvalue weighted by molar-refractivity contribution is 5.95. The normalized spacial score (nSPS) is 19.2. The fraction of sp³-hybridized carbons (Fsp3) is 0.600. The molecule has 0 aliphatic carbocycles. The largest absolute Gasteiger partial charge is 0.466 e. The lowest BCUT2D eigenvalue weighted by molar-refractivity contribution is -0.151. The Morgan fingerprint density at radius 2 is 1.64 bits per heavy atom. The standard InChI is InChI=1S/C25H35N3O5/c1-4-33-25(32)20-11-14-27(15-12-20)22(29)17-26(3)23(30)21-6-5-13-28(16-21)24(31)19-9-7-18(2)8-10-19/h7-10,20-21H,4-6,11-17H2,1-3H3. The van der Waals surface area contributed by atoms with Gasteiger partial charge < -0.3 is 19.4 Å². The Morgan fingerprint density at radius 3 is 2.27 bits per heavy atom. The van der Waals surface area contributed by atoms with Crippen molar-refractivity contribution in [3.63, 3.8) is 0 Å². The van der Waals surface area contributed by atoms with Crippen LogP contribution in [0.15, 0.2) is 24.3 Å². The van der Waals surface area contributed by atoms with E-state index >= 15 is 0 Å². The van der Waals surface area contributed by atoms with Gasteiger partial charge in [0.1, 0.15) is 0 Å². The first-order valence-electron chi connectivity index (χ1n) is 11.9. The Balaban J connectivity index is 1.50. The molecule has 8 heteroatoms. The van der Waals surface area contributed by atoms with Crippen molar-refractivity contribution in [2.45, 2.75) is 39.5 Å². The molecule has 0 bridgehead atoms. The third kappa shape index (κ3) is 6.33. The molecule has 0 N–H and O–H groups in total. The van der Waals surface area contributed by atoms with Crippen LogP contribution in [0.5, 0.6) is 0 Å². The summed E-state index contributed by atoms with van der Waals surface area (Å²) in [4.78, 5) is 55.5. The summed E-state index contributed by atoms with van der Waals surface area (Å²) in [5.41, 5.74) is 1.72. The number of amides is 3. The Bertz CT molecular complexity index is 861. The van der Waals surface area contributed by atoms with Crippen molar-refractivity contribution in [3.8, 4) is 0 Å². The number of hydrogen-bond donors (Lipinski definition) is 0. The van der Waals surface area contributed by atoms with E-state index in [1.807, 2.05) is 31.2 Å². The van der Waals surface area contributed by atoms with Gasteiger partial charge in [-0.2, -0.15) is 0 Å². The fourth-order valence-electron chi connectivity index (χ4n) is 4.56. The number of aryl methyl sites for hydroxylation is 1. The zero-order valence-corrected chi connectivity index (χ0v) is 19.9. The third-order valence-electron chi connectivity index (χ3n) is 6.57. The lowest BCUT2D eigenvalue weighted by Gasteiger charge is -2.35. The number of likely N-dealkylation sites (N-methyl/N-ethyl adjacent to an activating group) is 1. The zero-order valence-electron chi connectivity index (χ0n) is 19.9. The number of benzene rings is 1. The minimum Gasteiger partial charge on any atom is -0.466 e. The summed E-state index contributed by atoms with van der Waals surface area (Å²) in [6, 6.07) is 7.46. The van der Waals surface area contributed by atoms with E-state index in [-0.39, 0.29) is 42.1 Å². The molecule has 2 aliphatic rings. The van der Waals surface area contributed by atoms with Crippen LogP contribution >= 0.6 is 0 Å². The average Bonchev–Trinajstić information content (AvgIpc) is 2.83. The Hall–Kier alpha value is -2.90. The number of ether oxygens (including phenoxy) is 1. The van der Waals surface area contributed by atoms with Gasteiger partial charge in [-0.25, -0.2) is 0 Å². The molecule has 2 heterocycles. The van der Waals surface area contributed by atoms with Crippen LogP contribution in [-0.4, -0.2) is 84.8 Å². The van der Waals surface area contributed by atoms with E-state index in [0.29, 0.717) is 57.6 Å². The summed E-state index contributed by atoms with van der Waals surface area (Å²) in [7, 11) is 1.65. The molecule has 2 saturated heterocycles. The molecule has 8 nitrogen and oxygen atoms in total. The van der Waals surface area contributed by atoms with Crippen LogP contribution in [0.1, 0.15) is 48.5 Å². The molecule has 2 aliphatic heterocycles. The minimum absolute atomic E-state index is 0.00527. The van der Waals surface area contributed by atoms with Gasteiger partial charge in [-0.1, -0.05) is 17.7 Å². The van der Waals surface area contributed by atoms with Crippen molar-refractivity contribution in [2.75, 3.05) is 46.4 Å². The maximum atomic E-state index is 13.0. The highest BCUT2D eigenvalue weighted by Gasteiger charge is 2.33. The minimum atomic E-state index is -0.305. The number of hydrogen-bond acceptors (Lipinski definition) is 5. The molecule has 180 valence electrons. The molecule has 0 radical (unpaired) electrons. The van der Waals surface area contributed by atoms with E-state index in [1.54, 1.807) is 23.8 Å². The van der Waals surface area contributed by atoms with Crippen molar-refractivity contribution < 1.29 is 23.9 Å². The summed E-state index contributed by atoms with van der Waals surface area (Å²) in [6.07, 6.45) is 2.64. The maximum Gasteiger partial charge on any atom is 0.309 e. The van der Waals surface area contributed by atoms with E-state index < -0.39 is 0 Å². The van der Waals surface area contributed by atoms with Gasteiger partial charge in [0.2, 0.25) is 11.8 Å².